The molecule has 0 aliphatic carbocycles. The number of hydrogen-bond donors (Lipinski definition) is 0. The molecular formula is C14H13NO3S. The summed E-state index contributed by atoms with van der Waals surface area (Å²) in [6.45, 7) is 1.86. The third kappa shape index (κ3) is 2.71. The number of nitroso groups, excluding NO2 is 1. The second kappa shape index (κ2) is 5.32. The normalized spacial score (nSPS) is 12.9. The van der Waals surface area contributed by atoms with Crippen molar-refractivity contribution in [2.45, 2.75) is 17.2 Å². The molecule has 98 valence electrons. The van der Waals surface area contributed by atoms with Crippen LogP contribution in [0.4, 0.5) is 0 Å². The quantitative estimate of drug-likeness (QED) is 0.805. The molecule has 0 heterocycles. The van der Waals surface area contributed by atoms with Crippen LogP contribution in [0.3, 0.4) is 0 Å². The number of sulfone groups is 1. The number of nitrogens with zero attached hydrogens (tertiary/aromatic N) is 1. The molecule has 0 aliphatic heterocycles. The fourth-order valence-corrected chi connectivity index (χ4v) is 3.17. The molecule has 2 rings (SSSR count). The summed E-state index contributed by atoms with van der Waals surface area (Å²) < 4.78 is 24.8. The van der Waals surface area contributed by atoms with E-state index in [0.717, 1.165) is 5.56 Å². The van der Waals surface area contributed by atoms with Gasteiger partial charge in [0.15, 0.2) is 0 Å². The SMILES string of the molecule is Cc1ccc(S(=O)(=O)C(N=O)c2ccccc2)cc1. The lowest BCUT2D eigenvalue weighted by molar-refractivity contribution is 0.583. The van der Waals surface area contributed by atoms with E-state index in [0.29, 0.717) is 5.56 Å². The molecule has 19 heavy (non-hydrogen) atoms. The Balaban J connectivity index is 2.48. The Kier molecular flexibility index (Phi) is 3.76. The lowest BCUT2D eigenvalue weighted by Gasteiger charge is -2.11. The summed E-state index contributed by atoms with van der Waals surface area (Å²) >= 11 is 0. The van der Waals surface area contributed by atoms with Gasteiger partial charge in [-0.2, -0.15) is 0 Å². The van der Waals surface area contributed by atoms with Crippen LogP contribution in [-0.4, -0.2) is 8.42 Å². The van der Waals surface area contributed by atoms with Crippen LogP contribution in [0.15, 0.2) is 64.7 Å². The van der Waals surface area contributed by atoms with E-state index in [1.807, 2.05) is 6.92 Å². The van der Waals surface area contributed by atoms with Gasteiger partial charge in [0.1, 0.15) is 0 Å². The summed E-state index contributed by atoms with van der Waals surface area (Å²) in [5.74, 6) is 0. The van der Waals surface area contributed by atoms with Crippen molar-refractivity contribution in [2.75, 3.05) is 0 Å². The highest BCUT2D eigenvalue weighted by Gasteiger charge is 2.30. The molecule has 5 heteroatoms. The highest BCUT2D eigenvalue weighted by Crippen LogP contribution is 2.29. The fourth-order valence-electron chi connectivity index (χ4n) is 1.77. The van der Waals surface area contributed by atoms with Crippen molar-refractivity contribution >= 4 is 9.84 Å². The first kappa shape index (κ1) is 13.4. The van der Waals surface area contributed by atoms with Crippen LogP contribution in [0.2, 0.25) is 0 Å². The summed E-state index contributed by atoms with van der Waals surface area (Å²) in [4.78, 5) is 11.1. The Morgan fingerprint density at radius 1 is 0.947 bits per heavy atom. The molecular weight excluding hydrogens is 262 g/mol. The first-order valence-electron chi connectivity index (χ1n) is 5.73. The Morgan fingerprint density at radius 3 is 2.05 bits per heavy atom. The molecule has 0 saturated carbocycles. The average Bonchev–Trinajstić information content (AvgIpc) is 2.41. The first-order valence-corrected chi connectivity index (χ1v) is 7.28. The molecule has 1 atom stereocenters. The van der Waals surface area contributed by atoms with E-state index in [1.165, 1.54) is 12.1 Å². The van der Waals surface area contributed by atoms with Crippen LogP contribution >= 0.6 is 0 Å². The molecule has 0 aromatic heterocycles. The van der Waals surface area contributed by atoms with Crippen molar-refractivity contribution in [2.24, 2.45) is 5.18 Å². The predicted molar refractivity (Wildman–Crippen MR) is 73.3 cm³/mol. The maximum atomic E-state index is 12.4. The number of rotatable bonds is 4. The number of aryl methyl sites for hydroxylation is 1. The van der Waals surface area contributed by atoms with Gasteiger partial charge in [-0.1, -0.05) is 48.0 Å². The summed E-state index contributed by atoms with van der Waals surface area (Å²) in [7, 11) is -3.80. The molecule has 0 aliphatic rings. The largest absolute Gasteiger partial charge is 0.222 e. The molecule has 0 radical (unpaired) electrons. The lowest BCUT2D eigenvalue weighted by atomic mass is 10.2. The zero-order chi connectivity index (χ0) is 13.9. The minimum Gasteiger partial charge on any atom is -0.221 e. The topological polar surface area (TPSA) is 63.6 Å². The Morgan fingerprint density at radius 2 is 1.53 bits per heavy atom. The van der Waals surface area contributed by atoms with Gasteiger partial charge in [-0.25, -0.2) is 8.42 Å². The molecule has 0 saturated heterocycles. The molecule has 2 aromatic rings. The van der Waals surface area contributed by atoms with E-state index in [4.69, 9.17) is 0 Å². The van der Waals surface area contributed by atoms with Crippen LogP contribution in [0.5, 0.6) is 0 Å². The van der Waals surface area contributed by atoms with Gasteiger partial charge < -0.3 is 0 Å². The van der Waals surface area contributed by atoms with Crippen molar-refractivity contribution in [3.8, 4) is 0 Å². The van der Waals surface area contributed by atoms with Crippen molar-refractivity contribution in [1.29, 1.82) is 0 Å². The maximum absolute atomic E-state index is 12.4. The van der Waals surface area contributed by atoms with E-state index in [-0.39, 0.29) is 4.90 Å². The summed E-state index contributed by atoms with van der Waals surface area (Å²) in [6, 6.07) is 14.6. The van der Waals surface area contributed by atoms with E-state index in [2.05, 4.69) is 5.18 Å². The van der Waals surface area contributed by atoms with Gasteiger partial charge in [0.05, 0.1) is 4.90 Å². The fraction of sp³-hybridized carbons (Fsp3) is 0.143. The third-order valence-corrected chi connectivity index (χ3v) is 4.70. The Hall–Kier alpha value is -2.01. The van der Waals surface area contributed by atoms with Gasteiger partial charge in [-0.15, -0.1) is 4.91 Å². The highest BCUT2D eigenvalue weighted by molar-refractivity contribution is 7.91. The van der Waals surface area contributed by atoms with Crippen LogP contribution in [0, 0.1) is 11.8 Å². The molecule has 1 unspecified atom stereocenters. The number of hydrogen-bond acceptors (Lipinski definition) is 4. The first-order chi connectivity index (χ1) is 9.05. The summed E-state index contributed by atoms with van der Waals surface area (Å²) in [5.41, 5.74) is 1.33. The summed E-state index contributed by atoms with van der Waals surface area (Å²) in [5, 5.41) is 1.38. The third-order valence-electron chi connectivity index (χ3n) is 2.82. The van der Waals surface area contributed by atoms with Gasteiger partial charge in [0.2, 0.25) is 15.2 Å². The van der Waals surface area contributed by atoms with E-state index in [9.17, 15) is 13.3 Å². The average molecular weight is 275 g/mol. The zero-order valence-corrected chi connectivity index (χ0v) is 11.2. The maximum Gasteiger partial charge on any atom is 0.222 e. The van der Waals surface area contributed by atoms with Crippen molar-refractivity contribution in [3.63, 3.8) is 0 Å². The standard InChI is InChI=1S/C14H13NO3S/c1-11-7-9-13(10-8-11)19(17,18)14(15-16)12-5-3-2-4-6-12/h2-10,14H,1H3. The van der Waals surface area contributed by atoms with E-state index >= 15 is 0 Å². The lowest BCUT2D eigenvalue weighted by Crippen LogP contribution is -2.11. The molecule has 0 N–H and O–H groups in total. The zero-order valence-electron chi connectivity index (χ0n) is 10.4. The summed E-state index contributed by atoms with van der Waals surface area (Å²) in [6.07, 6.45) is 0. The van der Waals surface area contributed by atoms with Crippen LogP contribution in [0.1, 0.15) is 16.5 Å². The van der Waals surface area contributed by atoms with E-state index < -0.39 is 15.2 Å². The molecule has 0 bridgehead atoms. The Bertz CT molecular complexity index is 664. The van der Waals surface area contributed by atoms with Gasteiger partial charge in [0.25, 0.3) is 0 Å². The molecule has 0 fully saturated rings. The van der Waals surface area contributed by atoms with E-state index in [1.54, 1.807) is 42.5 Å². The minimum atomic E-state index is -3.80. The van der Waals surface area contributed by atoms with Gasteiger partial charge in [-0.3, -0.25) is 0 Å². The molecule has 0 spiro atoms. The van der Waals surface area contributed by atoms with Gasteiger partial charge >= 0.3 is 0 Å². The van der Waals surface area contributed by atoms with Crippen LogP contribution in [0.25, 0.3) is 0 Å². The number of benzene rings is 2. The minimum absolute atomic E-state index is 0.103. The van der Waals surface area contributed by atoms with Crippen LogP contribution < -0.4 is 0 Å². The second-order valence-electron chi connectivity index (χ2n) is 4.23. The van der Waals surface area contributed by atoms with Crippen LogP contribution in [-0.2, 0) is 9.84 Å². The van der Waals surface area contributed by atoms with Crippen molar-refractivity contribution < 1.29 is 8.42 Å². The van der Waals surface area contributed by atoms with Crippen molar-refractivity contribution in [1.82, 2.24) is 0 Å². The van der Waals surface area contributed by atoms with Crippen molar-refractivity contribution in [3.05, 3.63) is 70.6 Å². The van der Waals surface area contributed by atoms with Gasteiger partial charge in [0, 0.05) is 0 Å². The predicted octanol–water partition coefficient (Wildman–Crippen LogP) is 3.23. The highest BCUT2D eigenvalue weighted by atomic mass is 32.2. The smallest absolute Gasteiger partial charge is 0.221 e. The van der Waals surface area contributed by atoms with Gasteiger partial charge in [-0.05, 0) is 29.8 Å². The Labute approximate surface area is 112 Å². The molecule has 0 amide bonds. The second-order valence-corrected chi connectivity index (χ2v) is 6.23. The molecule has 4 nitrogen and oxygen atoms in total. The molecule has 2 aromatic carbocycles. The monoisotopic (exact) mass is 275 g/mol.